The molecule has 4 rings (SSSR count). The van der Waals surface area contributed by atoms with Crippen molar-refractivity contribution >= 4 is 16.8 Å². The quantitative estimate of drug-likeness (QED) is 0.739. The van der Waals surface area contributed by atoms with Crippen LogP contribution >= 0.6 is 0 Å². The number of carbonyl (C=O) groups is 1. The lowest BCUT2D eigenvalue weighted by atomic mass is 10.1. The van der Waals surface area contributed by atoms with Crippen molar-refractivity contribution < 1.29 is 4.79 Å². The molecule has 1 amide bonds. The summed E-state index contributed by atoms with van der Waals surface area (Å²) in [6.45, 7) is 5.16. The van der Waals surface area contributed by atoms with Crippen molar-refractivity contribution in [2.75, 3.05) is 13.1 Å². The fourth-order valence-electron chi connectivity index (χ4n) is 4.12. The Hall–Kier alpha value is -2.80. The third kappa shape index (κ3) is 4.20. The molecule has 0 radical (unpaired) electrons. The van der Waals surface area contributed by atoms with Gasteiger partial charge in [0.05, 0.1) is 11.7 Å². The van der Waals surface area contributed by atoms with Gasteiger partial charge in [0, 0.05) is 55.9 Å². The van der Waals surface area contributed by atoms with Gasteiger partial charge in [-0.2, -0.15) is 5.10 Å². The molecule has 1 N–H and O–H groups in total. The Balaban J connectivity index is 1.42. The molecule has 7 nitrogen and oxygen atoms in total. The van der Waals surface area contributed by atoms with Crippen LogP contribution in [0.3, 0.4) is 0 Å². The summed E-state index contributed by atoms with van der Waals surface area (Å²) in [5, 5.41) is 8.44. The normalized spacial score (nSPS) is 18.1. The van der Waals surface area contributed by atoms with E-state index in [0.29, 0.717) is 6.54 Å². The van der Waals surface area contributed by atoms with Gasteiger partial charge in [0.15, 0.2) is 0 Å². The average molecular weight is 378 g/mol. The number of H-pyrrole nitrogens is 1. The van der Waals surface area contributed by atoms with E-state index in [4.69, 9.17) is 0 Å². The smallest absolute Gasteiger partial charge is 0.219 e. The molecule has 0 unspecified atom stereocenters. The van der Waals surface area contributed by atoms with E-state index in [-0.39, 0.29) is 11.9 Å². The Morgan fingerprint density at radius 1 is 1.21 bits per heavy atom. The summed E-state index contributed by atoms with van der Waals surface area (Å²) >= 11 is 0. The average Bonchev–Trinajstić information content (AvgIpc) is 3.08. The first-order valence-corrected chi connectivity index (χ1v) is 9.85. The van der Waals surface area contributed by atoms with Crippen LogP contribution in [0.4, 0.5) is 0 Å². The minimum absolute atomic E-state index is 0.115. The van der Waals surface area contributed by atoms with Crippen LogP contribution < -0.4 is 0 Å². The van der Waals surface area contributed by atoms with Crippen LogP contribution in [0.2, 0.25) is 0 Å². The van der Waals surface area contributed by atoms with Crippen LogP contribution in [-0.2, 0) is 17.9 Å². The zero-order chi connectivity index (χ0) is 19.3. The second-order valence-corrected chi connectivity index (χ2v) is 7.51. The highest BCUT2D eigenvalue weighted by molar-refractivity contribution is 5.81. The molecule has 28 heavy (non-hydrogen) atoms. The van der Waals surface area contributed by atoms with E-state index in [9.17, 15) is 4.79 Å². The van der Waals surface area contributed by atoms with Crippen molar-refractivity contribution in [3.05, 3.63) is 54.2 Å². The highest BCUT2D eigenvalue weighted by Crippen LogP contribution is 2.22. The zero-order valence-electron chi connectivity index (χ0n) is 16.2. The summed E-state index contributed by atoms with van der Waals surface area (Å²) in [5.41, 5.74) is 3.38. The Morgan fingerprint density at radius 3 is 2.89 bits per heavy atom. The van der Waals surface area contributed by atoms with E-state index < -0.39 is 0 Å². The molecule has 0 bridgehead atoms. The number of carbonyl (C=O) groups excluding carboxylic acids is 1. The molecule has 1 aliphatic heterocycles. The Labute approximate surface area is 164 Å². The van der Waals surface area contributed by atoms with E-state index in [1.54, 1.807) is 19.3 Å². The molecule has 3 heterocycles. The van der Waals surface area contributed by atoms with Gasteiger partial charge in [-0.05, 0) is 31.4 Å². The number of fused-ring (bicyclic) bond motifs is 1. The lowest BCUT2D eigenvalue weighted by molar-refractivity contribution is -0.132. The van der Waals surface area contributed by atoms with Crippen molar-refractivity contribution in [3.8, 4) is 0 Å². The van der Waals surface area contributed by atoms with Crippen molar-refractivity contribution in [1.29, 1.82) is 0 Å². The van der Waals surface area contributed by atoms with Crippen LogP contribution in [0.5, 0.6) is 0 Å². The van der Waals surface area contributed by atoms with Gasteiger partial charge in [-0.1, -0.05) is 18.2 Å². The van der Waals surface area contributed by atoms with E-state index in [1.807, 2.05) is 11.1 Å². The van der Waals surface area contributed by atoms with Gasteiger partial charge in [0.2, 0.25) is 5.91 Å². The first-order valence-electron chi connectivity index (χ1n) is 9.85. The molecule has 146 valence electrons. The summed E-state index contributed by atoms with van der Waals surface area (Å²) < 4.78 is 0. The van der Waals surface area contributed by atoms with Crippen LogP contribution in [0.25, 0.3) is 10.9 Å². The van der Waals surface area contributed by atoms with Gasteiger partial charge in [-0.3, -0.25) is 14.8 Å². The lowest BCUT2D eigenvalue weighted by Crippen LogP contribution is -2.39. The molecule has 3 aromatic rings. The summed E-state index contributed by atoms with van der Waals surface area (Å²) in [4.78, 5) is 24.9. The zero-order valence-corrected chi connectivity index (χ0v) is 16.2. The maximum absolute atomic E-state index is 12.3. The summed E-state index contributed by atoms with van der Waals surface area (Å²) in [7, 11) is 0. The fraction of sp³-hybridized carbons (Fsp3) is 0.429. The molecule has 0 spiro atoms. The number of hydrogen-bond donors (Lipinski definition) is 1. The van der Waals surface area contributed by atoms with Crippen molar-refractivity contribution in [2.45, 2.75) is 45.3 Å². The molecular weight excluding hydrogens is 352 g/mol. The van der Waals surface area contributed by atoms with Crippen LogP contribution in [0, 0.1) is 0 Å². The number of nitrogens with one attached hydrogen (secondary N) is 1. The standard InChI is InChI=1S/C21H26N6O/c1-16(28)27(13-17-10-22-15-23-11-17)20-6-3-8-26(9-7-20)14-19-5-2-4-18-12-24-25-21(18)19/h2,4-5,10-12,15,20H,3,6-9,13-14H2,1H3,(H,24,25)/t20-/m1/s1. The molecule has 1 saturated heterocycles. The third-order valence-corrected chi connectivity index (χ3v) is 5.56. The maximum Gasteiger partial charge on any atom is 0.219 e. The minimum atomic E-state index is 0.115. The third-order valence-electron chi connectivity index (χ3n) is 5.56. The van der Waals surface area contributed by atoms with Gasteiger partial charge >= 0.3 is 0 Å². The van der Waals surface area contributed by atoms with Gasteiger partial charge in [0.25, 0.3) is 0 Å². The summed E-state index contributed by atoms with van der Waals surface area (Å²) in [6.07, 6.45) is 10.1. The first-order chi connectivity index (χ1) is 13.7. The van der Waals surface area contributed by atoms with E-state index in [2.05, 4.69) is 43.3 Å². The molecule has 0 saturated carbocycles. The Bertz CT molecular complexity index is 925. The van der Waals surface area contributed by atoms with E-state index in [0.717, 1.165) is 55.4 Å². The van der Waals surface area contributed by atoms with Crippen molar-refractivity contribution in [3.63, 3.8) is 0 Å². The Morgan fingerprint density at radius 2 is 2.07 bits per heavy atom. The number of likely N-dealkylation sites (tertiary alicyclic amines) is 1. The van der Waals surface area contributed by atoms with Crippen molar-refractivity contribution in [2.24, 2.45) is 0 Å². The molecule has 1 aromatic carbocycles. The topological polar surface area (TPSA) is 78.0 Å². The van der Waals surface area contributed by atoms with E-state index in [1.165, 1.54) is 11.9 Å². The highest BCUT2D eigenvalue weighted by Gasteiger charge is 2.25. The molecule has 0 aliphatic carbocycles. The largest absolute Gasteiger partial charge is 0.335 e. The second-order valence-electron chi connectivity index (χ2n) is 7.51. The van der Waals surface area contributed by atoms with Crippen LogP contribution in [0.15, 0.2) is 43.1 Å². The minimum Gasteiger partial charge on any atom is -0.335 e. The number of aromatic amines is 1. The van der Waals surface area contributed by atoms with E-state index >= 15 is 0 Å². The van der Waals surface area contributed by atoms with Crippen molar-refractivity contribution in [1.82, 2.24) is 30.0 Å². The maximum atomic E-state index is 12.3. The number of nitrogens with zero attached hydrogens (tertiary/aromatic N) is 5. The first kappa shape index (κ1) is 18.6. The number of aromatic nitrogens is 4. The van der Waals surface area contributed by atoms with Crippen LogP contribution in [-0.4, -0.2) is 55.0 Å². The molecule has 1 fully saturated rings. The lowest BCUT2D eigenvalue weighted by Gasteiger charge is -2.30. The number of para-hydroxylation sites is 1. The van der Waals surface area contributed by atoms with Gasteiger partial charge in [0.1, 0.15) is 6.33 Å². The number of rotatable bonds is 5. The predicted molar refractivity (Wildman–Crippen MR) is 107 cm³/mol. The van der Waals surface area contributed by atoms with Crippen LogP contribution in [0.1, 0.15) is 37.3 Å². The number of amides is 1. The molecule has 1 atom stereocenters. The van der Waals surface area contributed by atoms with Gasteiger partial charge in [-0.15, -0.1) is 0 Å². The molecule has 1 aliphatic rings. The number of benzene rings is 1. The summed E-state index contributed by atoms with van der Waals surface area (Å²) in [5.74, 6) is 0.115. The van der Waals surface area contributed by atoms with Gasteiger partial charge in [-0.25, -0.2) is 9.97 Å². The number of hydrogen-bond acceptors (Lipinski definition) is 5. The second kappa shape index (κ2) is 8.48. The highest BCUT2D eigenvalue weighted by atomic mass is 16.2. The SMILES string of the molecule is CC(=O)N(Cc1cncnc1)[C@@H]1CCCN(Cc2cccc3cn[nH]c23)CC1. The predicted octanol–water partition coefficient (Wildman–Crippen LogP) is 2.76. The summed E-state index contributed by atoms with van der Waals surface area (Å²) in [6, 6.07) is 6.59. The monoisotopic (exact) mass is 378 g/mol. The molecule has 2 aromatic heterocycles. The molecule has 7 heteroatoms. The van der Waals surface area contributed by atoms with Gasteiger partial charge < -0.3 is 4.90 Å². The Kier molecular flexibility index (Phi) is 5.62. The molecular formula is C21H26N6O. The fourth-order valence-corrected chi connectivity index (χ4v) is 4.12.